The van der Waals surface area contributed by atoms with Crippen LogP contribution >= 0.6 is 0 Å². The minimum atomic E-state index is -5.08. The van der Waals surface area contributed by atoms with E-state index < -0.39 is 12.1 Å². The van der Waals surface area contributed by atoms with E-state index in [1.165, 1.54) is 16.7 Å². The van der Waals surface area contributed by atoms with Gasteiger partial charge in [-0.15, -0.1) is 0 Å². The van der Waals surface area contributed by atoms with Crippen LogP contribution in [0.4, 0.5) is 13.2 Å². The molecule has 4 rings (SSSR count). The van der Waals surface area contributed by atoms with Crippen LogP contribution in [0.3, 0.4) is 0 Å². The van der Waals surface area contributed by atoms with Crippen LogP contribution in [0.25, 0.3) is 17.1 Å². The van der Waals surface area contributed by atoms with Gasteiger partial charge in [0.05, 0.1) is 5.69 Å². The smallest absolute Gasteiger partial charge is 0.475 e. The first kappa shape index (κ1) is 24.2. The van der Waals surface area contributed by atoms with Crippen molar-refractivity contribution in [2.75, 3.05) is 13.1 Å². The monoisotopic (exact) mass is 458 g/mol. The molecule has 33 heavy (non-hydrogen) atoms. The zero-order chi connectivity index (χ0) is 24.0. The van der Waals surface area contributed by atoms with Crippen LogP contribution in [0.5, 0.6) is 0 Å². The van der Waals surface area contributed by atoms with Gasteiger partial charge in [-0.2, -0.15) is 13.2 Å². The molecule has 0 aliphatic carbocycles. The van der Waals surface area contributed by atoms with Gasteiger partial charge >= 0.3 is 12.1 Å². The number of rotatable bonds is 4. The number of hydrogen-bond acceptors (Lipinski definition) is 4. The Morgan fingerprint density at radius 1 is 1.18 bits per heavy atom. The second-order valence-electron chi connectivity index (χ2n) is 7.74. The fourth-order valence-corrected chi connectivity index (χ4v) is 3.42. The molecule has 0 amide bonds. The molecule has 2 aromatic heterocycles. The number of nitrogens with one attached hydrogen (secondary N) is 1. The molecule has 1 aliphatic rings. The van der Waals surface area contributed by atoms with E-state index in [-0.39, 0.29) is 0 Å². The number of carboxylic acids is 1. The van der Waals surface area contributed by atoms with Crippen molar-refractivity contribution in [2.45, 2.75) is 33.0 Å². The van der Waals surface area contributed by atoms with Gasteiger partial charge in [0, 0.05) is 31.5 Å². The minimum absolute atomic E-state index is 0.847. The summed E-state index contributed by atoms with van der Waals surface area (Å²) in [7, 11) is 0. The number of carbonyl (C=O) groups is 1. The molecule has 0 atom stereocenters. The van der Waals surface area contributed by atoms with Gasteiger partial charge in [-0.1, -0.05) is 36.4 Å². The highest BCUT2D eigenvalue weighted by molar-refractivity contribution is 5.73. The summed E-state index contributed by atoms with van der Waals surface area (Å²) in [6.45, 7) is 7.12. The lowest BCUT2D eigenvalue weighted by molar-refractivity contribution is -0.192. The van der Waals surface area contributed by atoms with Gasteiger partial charge < -0.3 is 10.1 Å². The Labute approximate surface area is 189 Å². The number of H-pyrrole nitrogens is 1. The molecule has 2 N–H and O–H groups in total. The first-order valence-corrected chi connectivity index (χ1v) is 10.4. The summed E-state index contributed by atoms with van der Waals surface area (Å²) in [5.41, 5.74) is 7.00. The predicted octanol–water partition coefficient (Wildman–Crippen LogP) is 5.01. The maximum absolute atomic E-state index is 10.6. The molecule has 0 spiro atoms. The van der Waals surface area contributed by atoms with E-state index >= 15 is 0 Å². The third-order valence-electron chi connectivity index (χ3n) is 5.22. The maximum Gasteiger partial charge on any atom is 0.490 e. The Bertz CT molecular complexity index is 1100. The molecular weight excluding hydrogens is 433 g/mol. The molecule has 174 valence electrons. The van der Waals surface area contributed by atoms with E-state index in [1.807, 2.05) is 20.0 Å². The van der Waals surface area contributed by atoms with E-state index in [0.717, 1.165) is 49.0 Å². The van der Waals surface area contributed by atoms with Crippen molar-refractivity contribution in [1.29, 1.82) is 0 Å². The third kappa shape index (κ3) is 6.76. The van der Waals surface area contributed by atoms with Crippen molar-refractivity contribution in [3.63, 3.8) is 0 Å². The lowest BCUT2D eigenvalue weighted by atomic mass is 10.0. The van der Waals surface area contributed by atoms with Crippen LogP contribution in [-0.2, 0) is 11.3 Å². The van der Waals surface area contributed by atoms with E-state index in [0.29, 0.717) is 0 Å². The van der Waals surface area contributed by atoms with Crippen molar-refractivity contribution in [1.82, 2.24) is 19.9 Å². The van der Waals surface area contributed by atoms with Crippen LogP contribution in [0.2, 0.25) is 0 Å². The Hall–Kier alpha value is -3.46. The molecule has 0 fully saturated rings. The highest BCUT2D eigenvalue weighted by Crippen LogP contribution is 2.25. The van der Waals surface area contributed by atoms with Gasteiger partial charge in [-0.3, -0.25) is 9.88 Å². The fourth-order valence-electron chi connectivity index (χ4n) is 3.42. The molecule has 9 heteroatoms. The van der Waals surface area contributed by atoms with E-state index in [9.17, 15) is 13.2 Å². The summed E-state index contributed by atoms with van der Waals surface area (Å²) in [5, 5.41) is 7.12. The second-order valence-corrected chi connectivity index (χ2v) is 7.74. The SMILES string of the molecule is Cc1nc(-c2cc(C3=CCCN(Cc4ccccc4)C3)ccn2)[nH]c1C.O=C(O)C(F)(F)F. The molecule has 3 heterocycles. The molecule has 1 aromatic carbocycles. The van der Waals surface area contributed by atoms with E-state index in [1.54, 1.807) is 0 Å². The summed E-state index contributed by atoms with van der Waals surface area (Å²) in [4.78, 5) is 23.8. The normalized spacial score (nSPS) is 14.3. The lowest BCUT2D eigenvalue weighted by Crippen LogP contribution is -2.29. The molecule has 1 aliphatic heterocycles. The molecule has 0 saturated heterocycles. The minimum Gasteiger partial charge on any atom is -0.475 e. The number of halogens is 3. The number of carboxylic acid groups (broad SMARTS) is 1. The van der Waals surface area contributed by atoms with Gasteiger partial charge in [0.25, 0.3) is 0 Å². The number of hydrogen-bond donors (Lipinski definition) is 2. The summed E-state index contributed by atoms with van der Waals surface area (Å²) in [6.07, 6.45) is 0.243. The van der Waals surface area contributed by atoms with Gasteiger partial charge in [0.1, 0.15) is 5.69 Å². The number of alkyl halides is 3. The number of aliphatic carboxylic acids is 1. The number of nitrogens with zero attached hydrogens (tertiary/aromatic N) is 3. The number of aromatic amines is 1. The van der Waals surface area contributed by atoms with Crippen LogP contribution in [0, 0.1) is 13.8 Å². The van der Waals surface area contributed by atoms with Gasteiger partial charge in [-0.25, -0.2) is 9.78 Å². The maximum atomic E-state index is 10.6. The standard InChI is InChI=1S/C22H24N4.C2HF3O2/c1-16-17(2)25-22(24-16)21-13-19(10-11-23-21)20-9-6-12-26(15-20)14-18-7-4-3-5-8-18;3-2(4,5)1(6)7/h3-5,7-11,13H,6,12,14-15H2,1-2H3,(H,24,25);(H,6,7). The molecular formula is C24H25F3N4O2. The largest absolute Gasteiger partial charge is 0.490 e. The lowest BCUT2D eigenvalue weighted by Gasteiger charge is -2.27. The quantitative estimate of drug-likeness (QED) is 0.574. The molecule has 0 radical (unpaired) electrons. The molecule has 0 unspecified atom stereocenters. The molecule has 3 aromatic rings. The van der Waals surface area contributed by atoms with Crippen molar-refractivity contribution in [3.8, 4) is 11.5 Å². The Kier molecular flexibility index (Phi) is 7.65. The second kappa shape index (κ2) is 10.4. The Morgan fingerprint density at radius 3 is 2.48 bits per heavy atom. The fraction of sp³-hybridized carbons (Fsp3) is 0.292. The number of aromatic nitrogens is 3. The Morgan fingerprint density at radius 2 is 1.88 bits per heavy atom. The molecule has 0 bridgehead atoms. The van der Waals surface area contributed by atoms with E-state index in [4.69, 9.17) is 9.90 Å². The number of imidazole rings is 1. The number of aryl methyl sites for hydroxylation is 2. The third-order valence-corrected chi connectivity index (χ3v) is 5.22. The van der Waals surface area contributed by atoms with Gasteiger partial charge in [-0.05, 0) is 49.1 Å². The van der Waals surface area contributed by atoms with Crippen LogP contribution in [0.15, 0.2) is 54.7 Å². The average Bonchev–Trinajstić information content (AvgIpc) is 3.13. The highest BCUT2D eigenvalue weighted by atomic mass is 19.4. The van der Waals surface area contributed by atoms with Crippen LogP contribution in [0.1, 0.15) is 28.9 Å². The van der Waals surface area contributed by atoms with Crippen molar-refractivity contribution >= 4 is 11.5 Å². The predicted molar refractivity (Wildman–Crippen MR) is 119 cm³/mol. The van der Waals surface area contributed by atoms with Gasteiger partial charge in [0.15, 0.2) is 5.82 Å². The van der Waals surface area contributed by atoms with Crippen LogP contribution < -0.4 is 0 Å². The highest BCUT2D eigenvalue weighted by Gasteiger charge is 2.38. The zero-order valence-electron chi connectivity index (χ0n) is 18.4. The first-order chi connectivity index (χ1) is 15.6. The number of benzene rings is 1. The average molecular weight is 458 g/mol. The van der Waals surface area contributed by atoms with Crippen LogP contribution in [-0.4, -0.2) is 50.2 Å². The molecule has 6 nitrogen and oxygen atoms in total. The summed E-state index contributed by atoms with van der Waals surface area (Å²) < 4.78 is 31.7. The van der Waals surface area contributed by atoms with Crippen molar-refractivity contribution < 1.29 is 23.1 Å². The summed E-state index contributed by atoms with van der Waals surface area (Å²) >= 11 is 0. The zero-order valence-corrected chi connectivity index (χ0v) is 18.4. The topological polar surface area (TPSA) is 82.1 Å². The van der Waals surface area contributed by atoms with Crippen molar-refractivity contribution in [3.05, 3.63) is 77.3 Å². The summed E-state index contributed by atoms with van der Waals surface area (Å²) in [6, 6.07) is 14.9. The first-order valence-electron chi connectivity index (χ1n) is 10.4. The Balaban J connectivity index is 0.000000383. The number of pyridine rings is 1. The van der Waals surface area contributed by atoms with Gasteiger partial charge in [0.2, 0.25) is 0 Å². The molecule has 0 saturated carbocycles. The summed E-state index contributed by atoms with van der Waals surface area (Å²) in [5.74, 6) is -1.91. The van der Waals surface area contributed by atoms with Crippen molar-refractivity contribution in [2.24, 2.45) is 0 Å². The van der Waals surface area contributed by atoms with E-state index in [2.05, 4.69) is 68.4 Å².